The molecule has 0 aliphatic heterocycles. The number of carbonyl (C=O) groups is 2. The SMILES string of the molecule is CC(=O)Nc1ccc(NC(=O)c2cc(C)nc3c2c(C)nn3-c2ccccc2)cc1. The number of hydrogen-bond donors (Lipinski definition) is 2. The van der Waals surface area contributed by atoms with E-state index in [-0.39, 0.29) is 11.8 Å². The van der Waals surface area contributed by atoms with E-state index >= 15 is 0 Å². The topological polar surface area (TPSA) is 88.9 Å². The first-order valence-corrected chi connectivity index (χ1v) is 9.54. The molecular formula is C23H21N5O2. The highest BCUT2D eigenvalue weighted by molar-refractivity contribution is 6.12. The third kappa shape index (κ3) is 3.77. The normalized spacial score (nSPS) is 10.8. The molecule has 0 bridgehead atoms. The predicted octanol–water partition coefficient (Wildman–Crippen LogP) is 4.25. The maximum absolute atomic E-state index is 13.1. The Kier molecular flexibility index (Phi) is 5.02. The molecule has 2 aromatic heterocycles. The Morgan fingerprint density at radius 2 is 1.53 bits per heavy atom. The lowest BCUT2D eigenvalue weighted by Gasteiger charge is -2.09. The van der Waals surface area contributed by atoms with Gasteiger partial charge in [-0.1, -0.05) is 18.2 Å². The average Bonchev–Trinajstić information content (AvgIpc) is 3.05. The summed E-state index contributed by atoms with van der Waals surface area (Å²) >= 11 is 0. The second-order valence-electron chi connectivity index (χ2n) is 7.06. The van der Waals surface area contributed by atoms with Gasteiger partial charge in [0.15, 0.2) is 5.65 Å². The number of para-hydroxylation sites is 1. The minimum Gasteiger partial charge on any atom is -0.326 e. The molecule has 0 fully saturated rings. The van der Waals surface area contributed by atoms with Crippen LogP contribution >= 0.6 is 0 Å². The van der Waals surface area contributed by atoms with E-state index in [1.54, 1.807) is 35.0 Å². The number of fused-ring (bicyclic) bond motifs is 1. The third-order valence-corrected chi connectivity index (χ3v) is 4.65. The van der Waals surface area contributed by atoms with Gasteiger partial charge in [-0.25, -0.2) is 9.67 Å². The molecule has 2 aromatic carbocycles. The van der Waals surface area contributed by atoms with Gasteiger partial charge >= 0.3 is 0 Å². The van der Waals surface area contributed by atoms with Gasteiger partial charge in [0.2, 0.25) is 5.91 Å². The molecule has 0 spiro atoms. The maximum Gasteiger partial charge on any atom is 0.256 e. The second kappa shape index (κ2) is 7.79. The van der Waals surface area contributed by atoms with Gasteiger partial charge in [-0.3, -0.25) is 9.59 Å². The smallest absolute Gasteiger partial charge is 0.256 e. The van der Waals surface area contributed by atoms with E-state index in [1.165, 1.54) is 6.92 Å². The van der Waals surface area contributed by atoms with Crippen LogP contribution in [-0.2, 0) is 4.79 Å². The number of amides is 2. The summed E-state index contributed by atoms with van der Waals surface area (Å²) in [6.45, 7) is 5.18. The third-order valence-electron chi connectivity index (χ3n) is 4.65. The highest BCUT2D eigenvalue weighted by Crippen LogP contribution is 2.26. The first-order valence-electron chi connectivity index (χ1n) is 9.54. The van der Waals surface area contributed by atoms with Gasteiger partial charge in [0.05, 0.1) is 22.3 Å². The molecule has 2 heterocycles. The van der Waals surface area contributed by atoms with Gasteiger partial charge in [0.1, 0.15) is 0 Å². The van der Waals surface area contributed by atoms with Crippen LogP contribution in [0.3, 0.4) is 0 Å². The van der Waals surface area contributed by atoms with Crippen LogP contribution in [0.15, 0.2) is 60.7 Å². The van der Waals surface area contributed by atoms with Crippen molar-refractivity contribution in [3.63, 3.8) is 0 Å². The molecule has 4 aromatic rings. The van der Waals surface area contributed by atoms with Crippen LogP contribution in [0, 0.1) is 13.8 Å². The molecule has 7 nitrogen and oxygen atoms in total. The summed E-state index contributed by atoms with van der Waals surface area (Å²) in [6, 6.07) is 18.5. The summed E-state index contributed by atoms with van der Waals surface area (Å²) < 4.78 is 1.76. The number of nitrogens with one attached hydrogen (secondary N) is 2. The Bertz CT molecular complexity index is 1240. The van der Waals surface area contributed by atoms with E-state index in [0.29, 0.717) is 22.6 Å². The van der Waals surface area contributed by atoms with Crippen molar-refractivity contribution in [2.45, 2.75) is 20.8 Å². The van der Waals surface area contributed by atoms with Crippen molar-refractivity contribution in [1.29, 1.82) is 0 Å². The molecule has 0 aliphatic rings. The lowest BCUT2D eigenvalue weighted by molar-refractivity contribution is -0.114. The highest BCUT2D eigenvalue weighted by atomic mass is 16.2. The van der Waals surface area contributed by atoms with E-state index in [9.17, 15) is 9.59 Å². The van der Waals surface area contributed by atoms with Crippen LogP contribution in [0.2, 0.25) is 0 Å². The summed E-state index contributed by atoms with van der Waals surface area (Å²) in [4.78, 5) is 28.9. The Hall–Kier alpha value is -4.00. The van der Waals surface area contributed by atoms with Crippen LogP contribution in [0.5, 0.6) is 0 Å². The monoisotopic (exact) mass is 399 g/mol. The summed E-state index contributed by atoms with van der Waals surface area (Å²) in [5.41, 5.74) is 4.80. The lowest BCUT2D eigenvalue weighted by atomic mass is 10.1. The minimum atomic E-state index is -0.242. The van der Waals surface area contributed by atoms with Crippen molar-refractivity contribution >= 4 is 34.2 Å². The van der Waals surface area contributed by atoms with Gasteiger partial charge in [-0.2, -0.15) is 5.10 Å². The van der Waals surface area contributed by atoms with Gasteiger partial charge < -0.3 is 10.6 Å². The van der Waals surface area contributed by atoms with Gasteiger partial charge in [0, 0.05) is 24.0 Å². The Morgan fingerprint density at radius 1 is 0.900 bits per heavy atom. The van der Waals surface area contributed by atoms with E-state index in [4.69, 9.17) is 0 Å². The summed E-state index contributed by atoms with van der Waals surface area (Å²) in [5, 5.41) is 11.0. The van der Waals surface area contributed by atoms with Crippen molar-refractivity contribution in [1.82, 2.24) is 14.8 Å². The first-order chi connectivity index (χ1) is 14.4. The fourth-order valence-corrected chi connectivity index (χ4v) is 3.38. The number of carbonyl (C=O) groups excluding carboxylic acids is 2. The van der Waals surface area contributed by atoms with Crippen LogP contribution in [0.1, 0.15) is 28.7 Å². The molecule has 2 amide bonds. The molecule has 0 unspecified atom stereocenters. The molecule has 2 N–H and O–H groups in total. The number of hydrogen-bond acceptors (Lipinski definition) is 4. The molecule has 0 saturated heterocycles. The standard InChI is InChI=1S/C23H21N5O2/c1-14-13-20(23(30)26-18-11-9-17(10-12-18)25-16(3)29)21-15(2)27-28(22(21)24-14)19-7-5-4-6-8-19/h4-13H,1-3H3,(H,25,29)(H,26,30). The highest BCUT2D eigenvalue weighted by Gasteiger charge is 2.19. The van der Waals surface area contributed by atoms with Crippen LogP contribution in [0.25, 0.3) is 16.7 Å². The molecule has 0 atom stereocenters. The van der Waals surface area contributed by atoms with Crippen molar-refractivity contribution in [3.05, 3.63) is 77.6 Å². The number of nitrogens with zero attached hydrogens (tertiary/aromatic N) is 3. The average molecular weight is 399 g/mol. The Labute approximate surface area is 173 Å². The molecule has 0 aliphatic carbocycles. The van der Waals surface area contributed by atoms with Crippen LogP contribution < -0.4 is 10.6 Å². The van der Waals surface area contributed by atoms with Gasteiger partial charge in [0.25, 0.3) is 5.91 Å². The summed E-state index contributed by atoms with van der Waals surface area (Å²) in [5.74, 6) is -0.388. The molecule has 0 saturated carbocycles. The fraction of sp³-hybridized carbons (Fsp3) is 0.130. The summed E-state index contributed by atoms with van der Waals surface area (Å²) in [6.07, 6.45) is 0. The Morgan fingerprint density at radius 3 is 2.17 bits per heavy atom. The molecular weight excluding hydrogens is 378 g/mol. The van der Waals surface area contributed by atoms with Crippen molar-refractivity contribution < 1.29 is 9.59 Å². The number of aryl methyl sites for hydroxylation is 2. The molecule has 7 heteroatoms. The zero-order valence-corrected chi connectivity index (χ0v) is 16.9. The van der Waals surface area contributed by atoms with E-state index in [1.807, 2.05) is 44.2 Å². The van der Waals surface area contributed by atoms with Crippen LogP contribution in [-0.4, -0.2) is 26.6 Å². The number of anilines is 2. The van der Waals surface area contributed by atoms with Gasteiger partial charge in [-0.05, 0) is 56.3 Å². The largest absolute Gasteiger partial charge is 0.326 e. The van der Waals surface area contributed by atoms with E-state index in [2.05, 4.69) is 20.7 Å². The number of benzene rings is 2. The van der Waals surface area contributed by atoms with Gasteiger partial charge in [-0.15, -0.1) is 0 Å². The Balaban J connectivity index is 1.71. The van der Waals surface area contributed by atoms with Crippen molar-refractivity contribution in [3.8, 4) is 5.69 Å². The molecule has 4 rings (SSSR count). The second-order valence-corrected chi connectivity index (χ2v) is 7.06. The molecule has 0 radical (unpaired) electrons. The predicted molar refractivity (Wildman–Crippen MR) is 117 cm³/mol. The summed E-state index contributed by atoms with van der Waals surface area (Å²) in [7, 11) is 0. The zero-order valence-electron chi connectivity index (χ0n) is 16.9. The quantitative estimate of drug-likeness (QED) is 0.537. The van der Waals surface area contributed by atoms with Crippen LogP contribution in [0.4, 0.5) is 11.4 Å². The minimum absolute atomic E-state index is 0.146. The van der Waals surface area contributed by atoms with Crippen molar-refractivity contribution in [2.24, 2.45) is 0 Å². The number of aromatic nitrogens is 3. The molecule has 150 valence electrons. The lowest BCUT2D eigenvalue weighted by Crippen LogP contribution is -2.13. The van der Waals surface area contributed by atoms with E-state index < -0.39 is 0 Å². The molecule has 30 heavy (non-hydrogen) atoms. The number of pyridine rings is 1. The number of rotatable bonds is 4. The van der Waals surface area contributed by atoms with E-state index in [0.717, 1.165) is 22.5 Å². The zero-order chi connectivity index (χ0) is 21.3. The maximum atomic E-state index is 13.1. The first kappa shape index (κ1) is 19.3. The van der Waals surface area contributed by atoms with Crippen molar-refractivity contribution in [2.75, 3.05) is 10.6 Å². The fourth-order valence-electron chi connectivity index (χ4n) is 3.38.